The Morgan fingerprint density at radius 2 is 2.20 bits per heavy atom. The van der Waals surface area contributed by atoms with Crippen molar-refractivity contribution in [2.45, 2.75) is 17.9 Å². The number of rotatable bonds is 7. The zero-order valence-electron chi connectivity index (χ0n) is 13.3. The summed E-state index contributed by atoms with van der Waals surface area (Å²) in [7, 11) is 0. The predicted octanol–water partition coefficient (Wildman–Crippen LogP) is 2.79. The van der Waals surface area contributed by atoms with Crippen LogP contribution in [0.15, 0.2) is 41.8 Å². The van der Waals surface area contributed by atoms with Crippen molar-refractivity contribution in [2.24, 2.45) is 0 Å². The number of hydrogen-bond donors (Lipinski definition) is 1. The van der Waals surface area contributed by atoms with Gasteiger partial charge in [0.05, 0.1) is 19.3 Å². The van der Waals surface area contributed by atoms with Crippen LogP contribution in [0.2, 0.25) is 5.02 Å². The van der Waals surface area contributed by atoms with Gasteiger partial charge in [0.25, 0.3) is 0 Å². The van der Waals surface area contributed by atoms with E-state index in [2.05, 4.69) is 15.0 Å². The molecule has 0 fully saturated rings. The molecule has 130 valence electrons. The summed E-state index contributed by atoms with van der Waals surface area (Å²) in [5.41, 5.74) is 6.91. The number of halogens is 1. The molecule has 7 nitrogen and oxygen atoms in total. The number of ether oxygens (including phenoxy) is 1. The van der Waals surface area contributed by atoms with Crippen molar-refractivity contribution in [3.8, 4) is 0 Å². The lowest BCUT2D eigenvalue weighted by molar-refractivity contribution is -0.143. The summed E-state index contributed by atoms with van der Waals surface area (Å²) in [5, 5.41) is 0.685. The van der Waals surface area contributed by atoms with Gasteiger partial charge in [-0.15, -0.1) is 11.8 Å². The van der Waals surface area contributed by atoms with Crippen molar-refractivity contribution in [1.29, 1.82) is 0 Å². The highest BCUT2D eigenvalue weighted by Crippen LogP contribution is 2.22. The van der Waals surface area contributed by atoms with E-state index < -0.39 is 0 Å². The van der Waals surface area contributed by atoms with Gasteiger partial charge in [0, 0.05) is 15.7 Å². The summed E-state index contributed by atoms with van der Waals surface area (Å²) in [6.07, 6.45) is 3.32. The van der Waals surface area contributed by atoms with Gasteiger partial charge in [-0.3, -0.25) is 4.79 Å². The quantitative estimate of drug-likeness (QED) is 0.499. The summed E-state index contributed by atoms with van der Waals surface area (Å²) in [4.78, 5) is 25.0. The Morgan fingerprint density at radius 1 is 1.32 bits per heavy atom. The Labute approximate surface area is 153 Å². The molecular formula is C16H16ClN5O2S. The minimum Gasteiger partial charge on any atom is -0.464 e. The van der Waals surface area contributed by atoms with E-state index >= 15 is 0 Å². The molecule has 3 rings (SSSR count). The van der Waals surface area contributed by atoms with Gasteiger partial charge in [0.2, 0.25) is 0 Å². The number of nitrogen functional groups attached to an aromatic ring is 1. The number of carbonyl (C=O) groups excluding carboxylic acids is 1. The second-order valence-corrected chi connectivity index (χ2v) is 6.75. The molecule has 0 saturated heterocycles. The fraction of sp³-hybridized carbons (Fsp3) is 0.250. The molecule has 0 aliphatic carbocycles. The molecule has 3 aromatic rings. The molecule has 9 heteroatoms. The third-order valence-electron chi connectivity index (χ3n) is 3.40. The van der Waals surface area contributed by atoms with E-state index in [1.54, 1.807) is 22.7 Å². The maximum atomic E-state index is 11.8. The van der Waals surface area contributed by atoms with Gasteiger partial charge in [-0.05, 0) is 18.2 Å². The normalized spacial score (nSPS) is 10.9. The van der Waals surface area contributed by atoms with Crippen LogP contribution in [0.1, 0.15) is 6.42 Å². The number of imidazole rings is 1. The van der Waals surface area contributed by atoms with Crippen LogP contribution >= 0.6 is 23.4 Å². The predicted molar refractivity (Wildman–Crippen MR) is 97.5 cm³/mol. The van der Waals surface area contributed by atoms with E-state index in [1.807, 2.05) is 24.3 Å². The van der Waals surface area contributed by atoms with Crippen LogP contribution in [0.3, 0.4) is 0 Å². The maximum Gasteiger partial charge on any atom is 0.306 e. The topological polar surface area (TPSA) is 95.9 Å². The number of nitrogens with zero attached hydrogens (tertiary/aromatic N) is 4. The lowest BCUT2D eigenvalue weighted by Gasteiger charge is -2.06. The van der Waals surface area contributed by atoms with Gasteiger partial charge in [-0.1, -0.05) is 17.7 Å². The molecule has 0 aliphatic heterocycles. The third kappa shape index (κ3) is 4.61. The van der Waals surface area contributed by atoms with Crippen molar-refractivity contribution < 1.29 is 9.53 Å². The minimum atomic E-state index is -0.243. The zero-order chi connectivity index (χ0) is 17.6. The maximum absolute atomic E-state index is 11.8. The van der Waals surface area contributed by atoms with E-state index in [0.717, 1.165) is 4.90 Å². The molecule has 0 saturated carbocycles. The number of carbonyl (C=O) groups is 1. The van der Waals surface area contributed by atoms with Crippen LogP contribution in [0.25, 0.3) is 11.2 Å². The highest BCUT2D eigenvalue weighted by atomic mass is 35.5. The second kappa shape index (κ2) is 8.17. The summed E-state index contributed by atoms with van der Waals surface area (Å²) in [5.74, 6) is 0.726. The number of thioether (sulfide) groups is 1. The Morgan fingerprint density at radius 3 is 3.04 bits per heavy atom. The van der Waals surface area contributed by atoms with Crippen LogP contribution in [0.5, 0.6) is 0 Å². The molecule has 0 unspecified atom stereocenters. The molecule has 0 bridgehead atoms. The molecule has 0 radical (unpaired) electrons. The number of fused-ring (bicyclic) bond motifs is 1. The zero-order valence-corrected chi connectivity index (χ0v) is 14.8. The van der Waals surface area contributed by atoms with Gasteiger partial charge in [0.15, 0.2) is 11.5 Å². The molecule has 0 amide bonds. The molecule has 0 atom stereocenters. The molecule has 2 aromatic heterocycles. The summed E-state index contributed by atoms with van der Waals surface area (Å²) in [6, 6.07) is 7.53. The average molecular weight is 378 g/mol. The number of anilines is 1. The Kier molecular flexibility index (Phi) is 5.72. The van der Waals surface area contributed by atoms with E-state index in [4.69, 9.17) is 22.1 Å². The van der Waals surface area contributed by atoms with Crippen LogP contribution in [-0.4, -0.2) is 37.8 Å². The minimum absolute atomic E-state index is 0.243. The first-order chi connectivity index (χ1) is 12.1. The molecule has 2 heterocycles. The van der Waals surface area contributed by atoms with Crippen molar-refractivity contribution in [3.63, 3.8) is 0 Å². The molecule has 0 spiro atoms. The Balaban J connectivity index is 1.42. The van der Waals surface area contributed by atoms with Gasteiger partial charge in [-0.25, -0.2) is 15.0 Å². The SMILES string of the molecule is Nc1ncnc2c1ncn2CCOC(=O)CCSc1cccc(Cl)c1. The molecule has 25 heavy (non-hydrogen) atoms. The lowest BCUT2D eigenvalue weighted by atomic mass is 10.4. The van der Waals surface area contributed by atoms with E-state index in [1.165, 1.54) is 6.33 Å². The van der Waals surface area contributed by atoms with Crippen molar-refractivity contribution in [3.05, 3.63) is 41.9 Å². The van der Waals surface area contributed by atoms with E-state index in [9.17, 15) is 4.79 Å². The number of aromatic nitrogens is 4. The Bertz CT molecular complexity index is 886. The van der Waals surface area contributed by atoms with Crippen molar-refractivity contribution in [1.82, 2.24) is 19.5 Å². The van der Waals surface area contributed by atoms with Crippen LogP contribution < -0.4 is 5.73 Å². The standard InChI is InChI=1S/C16H16ClN5O2S/c17-11-2-1-3-12(8-11)25-7-4-13(23)24-6-5-22-10-21-14-15(18)19-9-20-16(14)22/h1-3,8-10H,4-7H2,(H2,18,19,20). The first kappa shape index (κ1) is 17.5. The molecular weight excluding hydrogens is 362 g/mol. The van der Waals surface area contributed by atoms with Crippen LogP contribution in [-0.2, 0) is 16.1 Å². The van der Waals surface area contributed by atoms with Gasteiger partial charge in [-0.2, -0.15) is 0 Å². The monoisotopic (exact) mass is 377 g/mol. The fourth-order valence-corrected chi connectivity index (χ4v) is 3.35. The molecule has 2 N–H and O–H groups in total. The summed E-state index contributed by atoms with van der Waals surface area (Å²) < 4.78 is 7.03. The Hall–Kier alpha value is -2.32. The first-order valence-electron chi connectivity index (χ1n) is 7.59. The van der Waals surface area contributed by atoms with Gasteiger partial charge < -0.3 is 15.0 Å². The number of benzene rings is 1. The van der Waals surface area contributed by atoms with E-state index in [-0.39, 0.29) is 12.6 Å². The number of hydrogen-bond acceptors (Lipinski definition) is 7. The van der Waals surface area contributed by atoms with Crippen molar-refractivity contribution in [2.75, 3.05) is 18.1 Å². The smallest absolute Gasteiger partial charge is 0.306 e. The van der Waals surface area contributed by atoms with Crippen LogP contribution in [0, 0.1) is 0 Å². The number of nitrogens with two attached hydrogens (primary N) is 1. The largest absolute Gasteiger partial charge is 0.464 e. The first-order valence-corrected chi connectivity index (χ1v) is 8.95. The highest BCUT2D eigenvalue weighted by Gasteiger charge is 2.09. The third-order valence-corrected chi connectivity index (χ3v) is 4.63. The molecule has 1 aromatic carbocycles. The highest BCUT2D eigenvalue weighted by molar-refractivity contribution is 7.99. The van der Waals surface area contributed by atoms with Gasteiger partial charge >= 0.3 is 5.97 Å². The molecule has 0 aliphatic rings. The fourth-order valence-electron chi connectivity index (χ4n) is 2.20. The van der Waals surface area contributed by atoms with Crippen LogP contribution in [0.4, 0.5) is 5.82 Å². The summed E-state index contributed by atoms with van der Waals surface area (Å²) in [6.45, 7) is 0.705. The van der Waals surface area contributed by atoms with E-state index in [0.29, 0.717) is 40.7 Å². The summed E-state index contributed by atoms with van der Waals surface area (Å²) >= 11 is 7.49. The van der Waals surface area contributed by atoms with Gasteiger partial charge in [0.1, 0.15) is 18.5 Å². The average Bonchev–Trinajstić information content (AvgIpc) is 3.00. The number of esters is 1. The second-order valence-electron chi connectivity index (χ2n) is 5.15. The van der Waals surface area contributed by atoms with Crippen molar-refractivity contribution >= 4 is 46.3 Å². The lowest BCUT2D eigenvalue weighted by Crippen LogP contribution is -2.11.